The highest BCUT2D eigenvalue weighted by molar-refractivity contribution is 5.73. The Labute approximate surface area is 349 Å². The first kappa shape index (κ1) is 53.9. The highest BCUT2D eigenvalue weighted by Crippen LogP contribution is 2.31. The minimum atomic E-state index is -0.315. The van der Waals surface area contributed by atoms with Crippen molar-refractivity contribution in [3.63, 3.8) is 0 Å². The van der Waals surface area contributed by atoms with Gasteiger partial charge in [0.05, 0.1) is 5.92 Å². The molecule has 1 rings (SSSR count). The van der Waals surface area contributed by atoms with Gasteiger partial charge in [-0.3, -0.25) is 9.59 Å². The number of likely N-dealkylation sites (tertiary alicyclic amines) is 1. The van der Waals surface area contributed by atoms with Gasteiger partial charge >= 0.3 is 5.97 Å². The number of rotatable bonds is 36. The highest BCUT2D eigenvalue weighted by Gasteiger charge is 2.36. The van der Waals surface area contributed by atoms with Gasteiger partial charge in [-0.05, 0) is 129 Å². The molecule has 0 spiro atoms. The van der Waals surface area contributed by atoms with Crippen molar-refractivity contribution in [2.75, 3.05) is 26.7 Å². The molecule has 56 heavy (non-hydrogen) atoms. The summed E-state index contributed by atoms with van der Waals surface area (Å²) in [5.74, 6) is 0.504. The first-order valence-corrected chi connectivity index (χ1v) is 24.0. The summed E-state index contributed by atoms with van der Waals surface area (Å²) in [4.78, 5) is 25.3. The maximum absolute atomic E-state index is 13.4. The van der Waals surface area contributed by atoms with Gasteiger partial charge in [0.15, 0.2) is 0 Å². The number of carbonyl (C=O) groups is 2. The average molecular weight is 783 g/mol. The zero-order valence-electron chi connectivity index (χ0n) is 38.2. The molecule has 1 aliphatic rings. The van der Waals surface area contributed by atoms with Crippen molar-refractivity contribution >= 4 is 12.4 Å². The third-order valence-corrected chi connectivity index (χ3v) is 11.3. The van der Waals surface area contributed by atoms with Crippen LogP contribution in [0.2, 0.25) is 0 Å². The molecule has 5 nitrogen and oxygen atoms in total. The third kappa shape index (κ3) is 35.1. The molecule has 0 aliphatic carbocycles. The lowest BCUT2D eigenvalue weighted by molar-refractivity contribution is -0.168. The molecule has 5 heteroatoms. The third-order valence-electron chi connectivity index (χ3n) is 11.3. The number of allylic oxidation sites excluding steroid dienone is 8. The molecular weight excluding hydrogens is 689 g/mol. The number of ether oxygens (including phenoxy) is 1. The molecule has 1 aliphatic heterocycles. The first-order valence-electron chi connectivity index (χ1n) is 24.0. The monoisotopic (exact) mass is 783 g/mol. The van der Waals surface area contributed by atoms with E-state index in [0.29, 0.717) is 5.92 Å². The molecule has 1 fully saturated rings. The second kappa shape index (κ2) is 41.0. The first-order chi connectivity index (χ1) is 27.3. The summed E-state index contributed by atoms with van der Waals surface area (Å²) in [5.41, 5.74) is -0.315. The van der Waals surface area contributed by atoms with Crippen LogP contribution in [0.4, 0.5) is 0 Å². The largest absolute Gasteiger partial charge is 0.459 e. The maximum Gasteiger partial charge on any atom is 0.309 e. The van der Waals surface area contributed by atoms with Gasteiger partial charge < -0.3 is 15.0 Å². The van der Waals surface area contributed by atoms with Crippen molar-refractivity contribution in [1.29, 1.82) is 0 Å². The number of hydrogen-bond acceptors (Lipinski definition) is 4. The quantitative estimate of drug-likeness (QED) is 0.0298. The van der Waals surface area contributed by atoms with Crippen molar-refractivity contribution in [2.24, 2.45) is 11.8 Å². The van der Waals surface area contributed by atoms with E-state index >= 15 is 0 Å². The fourth-order valence-corrected chi connectivity index (χ4v) is 7.56. The van der Waals surface area contributed by atoms with Gasteiger partial charge in [0, 0.05) is 13.1 Å². The Kier molecular flexibility index (Phi) is 39.5. The van der Waals surface area contributed by atoms with Gasteiger partial charge in [0.2, 0.25) is 6.41 Å². The van der Waals surface area contributed by atoms with Gasteiger partial charge in [0.1, 0.15) is 5.60 Å². The van der Waals surface area contributed by atoms with Gasteiger partial charge in [-0.15, -0.1) is 0 Å². The SMILES string of the molecule is CCCCC/C=C\C/C=C\CCCCCCCCC(C)(CCCCCCCC/C=C\C/C=C\CCCCC)OC(=O)C1CCN(C)CC1C.CCCCNC=O. The van der Waals surface area contributed by atoms with E-state index in [1.807, 2.05) is 0 Å². The van der Waals surface area contributed by atoms with Crippen LogP contribution < -0.4 is 5.32 Å². The van der Waals surface area contributed by atoms with E-state index in [2.05, 4.69) is 100 Å². The van der Waals surface area contributed by atoms with Crippen molar-refractivity contribution in [1.82, 2.24) is 10.2 Å². The topological polar surface area (TPSA) is 58.6 Å². The molecule has 2 unspecified atom stereocenters. The smallest absolute Gasteiger partial charge is 0.309 e. The lowest BCUT2D eigenvalue weighted by Crippen LogP contribution is -2.43. The van der Waals surface area contributed by atoms with Crippen molar-refractivity contribution < 1.29 is 14.3 Å². The minimum absolute atomic E-state index is 0.0576. The Balaban J connectivity index is 0.00000392. The molecule has 1 amide bonds. The summed E-state index contributed by atoms with van der Waals surface area (Å²) >= 11 is 0. The number of hydrogen-bond donors (Lipinski definition) is 1. The summed E-state index contributed by atoms with van der Waals surface area (Å²) in [7, 11) is 2.17. The van der Waals surface area contributed by atoms with Gasteiger partial charge in [-0.2, -0.15) is 0 Å². The molecule has 1 saturated heterocycles. The Bertz CT molecular complexity index is 938. The van der Waals surface area contributed by atoms with E-state index in [9.17, 15) is 9.59 Å². The fraction of sp³-hybridized carbons (Fsp3) is 0.804. The highest BCUT2D eigenvalue weighted by atomic mass is 16.6. The van der Waals surface area contributed by atoms with Gasteiger partial charge in [0.25, 0.3) is 0 Å². The molecule has 0 radical (unpaired) electrons. The molecule has 0 aromatic rings. The predicted octanol–water partition coefficient (Wildman–Crippen LogP) is 14.8. The van der Waals surface area contributed by atoms with Crippen LogP contribution in [0.15, 0.2) is 48.6 Å². The van der Waals surface area contributed by atoms with Crippen molar-refractivity contribution in [3.8, 4) is 0 Å². The van der Waals surface area contributed by atoms with E-state index in [-0.39, 0.29) is 17.5 Å². The average Bonchev–Trinajstić information content (AvgIpc) is 3.18. The van der Waals surface area contributed by atoms with Crippen LogP contribution >= 0.6 is 0 Å². The molecule has 1 N–H and O–H groups in total. The van der Waals surface area contributed by atoms with Crippen molar-refractivity contribution in [3.05, 3.63) is 48.6 Å². The zero-order valence-corrected chi connectivity index (χ0v) is 38.2. The lowest BCUT2D eigenvalue weighted by Gasteiger charge is -2.37. The second-order valence-corrected chi connectivity index (χ2v) is 17.1. The lowest BCUT2D eigenvalue weighted by atomic mass is 9.86. The standard InChI is InChI=1S/C46H83NO2.C5H11NO/c1-6-8-10-12-14-16-18-20-22-24-26-28-30-32-34-36-39-46(4,49-45(48)44-38-41-47(5)42-43(44)3)40-37-35-33-31-29-27-25-23-21-19-17-15-13-11-9-7-2;1-2-3-4-6-5-7/h14-17,20-23,43-44H,6-13,18-19,24-42H2,1-5H3;5H,2-4H2,1H3,(H,6,7)/b16-14-,17-15-,22-20-,23-21-;. The summed E-state index contributed by atoms with van der Waals surface area (Å²) in [6.07, 6.45) is 55.0. The second-order valence-electron chi connectivity index (χ2n) is 17.1. The van der Waals surface area contributed by atoms with Gasteiger partial charge in [-0.25, -0.2) is 0 Å². The van der Waals surface area contributed by atoms with Crippen LogP contribution in [0.5, 0.6) is 0 Å². The number of piperidine rings is 1. The van der Waals surface area contributed by atoms with Crippen LogP contribution in [0, 0.1) is 11.8 Å². The van der Waals surface area contributed by atoms with Gasteiger partial charge in [-0.1, -0.05) is 160 Å². The summed E-state index contributed by atoms with van der Waals surface area (Å²) in [6.45, 7) is 13.9. The van der Waals surface area contributed by atoms with Crippen LogP contribution in [0.25, 0.3) is 0 Å². The Morgan fingerprint density at radius 1 is 0.625 bits per heavy atom. The van der Waals surface area contributed by atoms with E-state index < -0.39 is 0 Å². The molecule has 1 heterocycles. The van der Waals surface area contributed by atoms with E-state index in [4.69, 9.17) is 4.74 Å². The Hall–Kier alpha value is -2.14. The number of nitrogens with one attached hydrogen (secondary N) is 1. The minimum Gasteiger partial charge on any atom is -0.459 e. The molecule has 0 aromatic carbocycles. The zero-order chi connectivity index (χ0) is 41.2. The van der Waals surface area contributed by atoms with Crippen LogP contribution in [-0.4, -0.2) is 49.6 Å². The predicted molar refractivity (Wildman–Crippen MR) is 246 cm³/mol. The van der Waals surface area contributed by atoms with Crippen LogP contribution in [0.1, 0.15) is 221 Å². The van der Waals surface area contributed by atoms with Crippen LogP contribution in [-0.2, 0) is 14.3 Å². The number of unbranched alkanes of at least 4 members (excludes halogenated alkanes) is 19. The van der Waals surface area contributed by atoms with E-state index in [1.54, 1.807) is 0 Å². The number of esters is 1. The number of carbonyl (C=O) groups excluding carboxylic acids is 2. The molecule has 0 bridgehead atoms. The van der Waals surface area contributed by atoms with Crippen LogP contribution in [0.3, 0.4) is 0 Å². The summed E-state index contributed by atoms with van der Waals surface area (Å²) in [5, 5.41) is 2.57. The van der Waals surface area contributed by atoms with E-state index in [1.165, 1.54) is 141 Å². The summed E-state index contributed by atoms with van der Waals surface area (Å²) in [6, 6.07) is 0. The number of nitrogens with zero attached hydrogens (tertiary/aromatic N) is 1. The molecule has 2 atom stereocenters. The molecular formula is C51H94N2O3. The number of amides is 1. The van der Waals surface area contributed by atoms with E-state index in [0.717, 1.165) is 71.0 Å². The maximum atomic E-state index is 13.4. The normalized spacial score (nSPS) is 16.6. The Morgan fingerprint density at radius 2 is 1.04 bits per heavy atom. The molecule has 326 valence electrons. The molecule has 0 aromatic heterocycles. The molecule has 0 saturated carbocycles. The fourth-order valence-electron chi connectivity index (χ4n) is 7.56. The van der Waals surface area contributed by atoms with Crippen molar-refractivity contribution in [2.45, 2.75) is 226 Å². The summed E-state index contributed by atoms with van der Waals surface area (Å²) < 4.78 is 6.45. The Morgan fingerprint density at radius 3 is 1.45 bits per heavy atom.